The molecule has 0 radical (unpaired) electrons. The lowest BCUT2D eigenvalue weighted by atomic mass is 9.59. The van der Waals surface area contributed by atoms with Crippen LogP contribution < -0.4 is 5.01 Å². The predicted octanol–water partition coefficient (Wildman–Crippen LogP) is 10.7. The third kappa shape index (κ3) is 7.03. The first-order valence-electron chi connectivity index (χ1n) is 16.8. The summed E-state index contributed by atoms with van der Waals surface area (Å²) in [5.74, 6) is -3.30. The van der Waals surface area contributed by atoms with Gasteiger partial charge in [-0.05, 0) is 76.7 Å². The highest BCUT2D eigenvalue weighted by Crippen LogP contribution is 2.56. The van der Waals surface area contributed by atoms with E-state index in [-0.39, 0.29) is 12.5 Å². The van der Waals surface area contributed by atoms with Crippen LogP contribution in [0.4, 0.5) is 32.0 Å². The summed E-state index contributed by atoms with van der Waals surface area (Å²) in [6.45, 7) is -0.884. The van der Waals surface area contributed by atoms with Crippen molar-refractivity contribution in [2.45, 2.75) is 31.3 Å². The molecule has 1 spiro atoms. The molecule has 5 aromatic rings. The number of hydrogen-bond acceptors (Lipinski definition) is 4. The zero-order valence-electron chi connectivity index (χ0n) is 28.1. The summed E-state index contributed by atoms with van der Waals surface area (Å²) in [5, 5.41) is 6.57. The second kappa shape index (κ2) is 14.3. The molecule has 3 atom stereocenters. The number of carbonyl (C=O) groups is 2. The maximum atomic E-state index is 15.2. The van der Waals surface area contributed by atoms with Gasteiger partial charge in [0.2, 0.25) is 0 Å². The van der Waals surface area contributed by atoms with E-state index in [0.29, 0.717) is 50.8 Å². The lowest BCUT2D eigenvalue weighted by molar-refractivity contribution is -0.151. The van der Waals surface area contributed by atoms with Crippen LogP contribution in [0.15, 0.2) is 145 Å². The molecular weight excluding hydrogens is 730 g/mol. The van der Waals surface area contributed by atoms with Gasteiger partial charge in [0.25, 0.3) is 5.91 Å². The van der Waals surface area contributed by atoms with Gasteiger partial charge in [-0.3, -0.25) is 9.59 Å². The molecule has 1 aliphatic carbocycles. The number of halogens is 7. The van der Waals surface area contributed by atoms with Crippen LogP contribution in [-0.4, -0.2) is 17.6 Å². The Hall–Kier alpha value is -5.68. The molecule has 0 bridgehead atoms. The highest BCUT2D eigenvalue weighted by molar-refractivity contribution is 6.33. The number of carbonyl (C=O) groups excluding carboxylic acids is 2. The largest absolute Gasteiger partial charge is 0.461 e. The Morgan fingerprint density at radius 2 is 1.33 bits per heavy atom. The zero-order valence-corrected chi connectivity index (χ0v) is 28.9. The van der Waals surface area contributed by atoms with Crippen molar-refractivity contribution in [2.75, 3.05) is 5.01 Å². The van der Waals surface area contributed by atoms with Crippen LogP contribution in [0, 0.1) is 11.3 Å². The second-order valence-electron chi connectivity index (χ2n) is 13.0. The van der Waals surface area contributed by atoms with E-state index >= 15 is 4.79 Å². The van der Waals surface area contributed by atoms with Gasteiger partial charge in [-0.1, -0.05) is 109 Å². The summed E-state index contributed by atoms with van der Waals surface area (Å²) < 4.78 is 87.6. The lowest BCUT2D eigenvalue weighted by Gasteiger charge is -2.41. The fourth-order valence-electron chi connectivity index (χ4n) is 7.19. The summed E-state index contributed by atoms with van der Waals surface area (Å²) in [6.07, 6.45) is -8.59. The minimum atomic E-state index is -5.09. The van der Waals surface area contributed by atoms with E-state index in [0.717, 1.165) is 0 Å². The van der Waals surface area contributed by atoms with Gasteiger partial charge in [0.05, 0.1) is 28.4 Å². The molecule has 0 unspecified atom stereocenters. The number of rotatable bonds is 7. The van der Waals surface area contributed by atoms with Crippen LogP contribution in [0.5, 0.6) is 0 Å². The molecule has 0 saturated carbocycles. The number of nitrogens with zero attached hydrogens (tertiary/aromatic N) is 2. The van der Waals surface area contributed by atoms with Gasteiger partial charge in [0.15, 0.2) is 0 Å². The summed E-state index contributed by atoms with van der Waals surface area (Å²) in [7, 11) is 0. The highest BCUT2D eigenvalue weighted by atomic mass is 35.5. The van der Waals surface area contributed by atoms with E-state index in [1.807, 2.05) is 0 Å². The number of hydrogen-bond donors (Lipinski definition) is 0. The zero-order chi connectivity index (χ0) is 38.3. The van der Waals surface area contributed by atoms with Gasteiger partial charge in [0, 0.05) is 10.9 Å². The lowest BCUT2D eigenvalue weighted by Crippen LogP contribution is -2.47. The quantitative estimate of drug-likeness (QED) is 0.123. The van der Waals surface area contributed by atoms with E-state index in [1.165, 1.54) is 5.01 Å². The molecule has 0 saturated heterocycles. The number of allylic oxidation sites excluding steroid dienone is 1. The average molecular weight is 759 g/mol. The standard InChI is InChI=1S/C42H29ClF6N2O3/c43-32-16-10-15-29(21-32)36-23-34(27-11-4-1-5-12-27)35(38(52)54-25-26-19-30(41(44,45)46)22-31(20-26)42(47,48)49)24-40(36)37(28-13-6-2-7-14-28)50-51(39(40)53)33-17-8-3-9-18-33/h1-23,34-35H,24-25H2/t34-,35+,40-/m1/s1. The van der Waals surface area contributed by atoms with Crippen LogP contribution in [0.25, 0.3) is 5.57 Å². The molecule has 0 aromatic heterocycles. The number of hydrazone groups is 1. The van der Waals surface area contributed by atoms with Crippen LogP contribution in [-0.2, 0) is 33.3 Å². The fraction of sp³-hybridized carbons (Fsp3) is 0.167. The van der Waals surface area contributed by atoms with Crippen LogP contribution in [0.3, 0.4) is 0 Å². The monoisotopic (exact) mass is 758 g/mol. The topological polar surface area (TPSA) is 59.0 Å². The second-order valence-corrected chi connectivity index (χ2v) is 13.5. The van der Waals surface area contributed by atoms with Crippen molar-refractivity contribution in [2.24, 2.45) is 16.4 Å². The van der Waals surface area contributed by atoms with E-state index in [1.54, 1.807) is 121 Å². The normalized spacial score (nSPS) is 20.1. The molecule has 274 valence electrons. The molecule has 1 amide bonds. The van der Waals surface area contributed by atoms with Crippen molar-refractivity contribution in [3.05, 3.63) is 178 Å². The average Bonchev–Trinajstić information content (AvgIpc) is 3.45. The third-order valence-electron chi connectivity index (χ3n) is 9.63. The van der Waals surface area contributed by atoms with E-state index in [9.17, 15) is 31.1 Å². The number of anilines is 1. The van der Waals surface area contributed by atoms with Crippen molar-refractivity contribution in [1.82, 2.24) is 0 Å². The molecule has 1 heterocycles. The number of para-hydroxylation sites is 1. The van der Waals surface area contributed by atoms with E-state index in [2.05, 4.69) is 0 Å². The molecule has 5 nitrogen and oxygen atoms in total. The van der Waals surface area contributed by atoms with Gasteiger partial charge < -0.3 is 4.74 Å². The smallest absolute Gasteiger partial charge is 0.416 e. The van der Waals surface area contributed by atoms with Gasteiger partial charge in [-0.2, -0.15) is 36.5 Å². The van der Waals surface area contributed by atoms with Gasteiger partial charge >= 0.3 is 18.3 Å². The van der Waals surface area contributed by atoms with E-state index < -0.39 is 64.8 Å². The minimum Gasteiger partial charge on any atom is -0.461 e. The van der Waals surface area contributed by atoms with Crippen molar-refractivity contribution in [3.8, 4) is 0 Å². The third-order valence-corrected chi connectivity index (χ3v) is 9.86. The predicted molar refractivity (Wildman–Crippen MR) is 192 cm³/mol. The maximum Gasteiger partial charge on any atom is 0.416 e. The minimum absolute atomic E-state index is 0.0123. The summed E-state index contributed by atoms with van der Waals surface area (Å²) in [6, 6.07) is 34.6. The Balaban J connectivity index is 1.39. The first-order chi connectivity index (χ1) is 25.8. The molecule has 5 aromatic carbocycles. The molecule has 12 heteroatoms. The first kappa shape index (κ1) is 36.7. The number of ether oxygens (including phenoxy) is 1. The van der Waals surface area contributed by atoms with Crippen molar-refractivity contribution in [3.63, 3.8) is 0 Å². The number of benzene rings is 5. The fourth-order valence-corrected chi connectivity index (χ4v) is 7.38. The summed E-state index contributed by atoms with van der Waals surface area (Å²) in [5.41, 5.74) is -2.03. The molecule has 0 N–H and O–H groups in total. The van der Waals surface area contributed by atoms with Crippen LogP contribution in [0.1, 0.15) is 45.7 Å². The molecule has 0 fully saturated rings. The number of amides is 1. The number of esters is 1. The Morgan fingerprint density at radius 1 is 0.759 bits per heavy atom. The molecule has 2 aliphatic rings. The van der Waals surface area contributed by atoms with Gasteiger partial charge in [-0.25, -0.2) is 0 Å². The Labute approximate surface area is 311 Å². The number of alkyl halides is 6. The maximum absolute atomic E-state index is 15.2. The highest BCUT2D eigenvalue weighted by Gasteiger charge is 2.59. The summed E-state index contributed by atoms with van der Waals surface area (Å²) >= 11 is 6.52. The molecule has 54 heavy (non-hydrogen) atoms. The SMILES string of the molecule is O=C(OCc1cc(C(F)(F)F)cc(C(F)(F)F)c1)[C@H]1C[C@@]2(C(=O)N(c3ccccc3)N=C2c2ccccc2)C(c2cccc(Cl)c2)=C[C@@H]1c1ccccc1. The van der Waals surface area contributed by atoms with Crippen molar-refractivity contribution in [1.29, 1.82) is 0 Å². The van der Waals surface area contributed by atoms with Crippen LogP contribution >= 0.6 is 11.6 Å². The Morgan fingerprint density at radius 3 is 1.93 bits per heavy atom. The Kier molecular flexibility index (Phi) is 9.70. The van der Waals surface area contributed by atoms with Crippen LogP contribution in [0.2, 0.25) is 5.02 Å². The van der Waals surface area contributed by atoms with Crippen molar-refractivity contribution >= 4 is 40.4 Å². The Bertz CT molecular complexity index is 2230. The molecule has 7 rings (SSSR count). The van der Waals surface area contributed by atoms with Gasteiger partial charge in [0.1, 0.15) is 12.0 Å². The first-order valence-corrected chi connectivity index (χ1v) is 17.2. The summed E-state index contributed by atoms with van der Waals surface area (Å²) in [4.78, 5) is 29.5. The van der Waals surface area contributed by atoms with E-state index in [4.69, 9.17) is 21.4 Å². The molecule has 1 aliphatic heterocycles. The van der Waals surface area contributed by atoms with Gasteiger partial charge in [-0.15, -0.1) is 0 Å². The van der Waals surface area contributed by atoms with Crippen molar-refractivity contribution < 1.29 is 40.7 Å². The molecular formula is C42H29ClF6N2O3.